The van der Waals surface area contributed by atoms with E-state index < -0.39 is 214 Å². The summed E-state index contributed by atoms with van der Waals surface area (Å²) >= 11 is 0. The van der Waals surface area contributed by atoms with Crippen molar-refractivity contribution in [2.24, 2.45) is 50.2 Å². The molecule has 11 rings (SSSR count). The van der Waals surface area contributed by atoms with Crippen molar-refractivity contribution >= 4 is 6.29 Å². The van der Waals surface area contributed by atoms with Crippen molar-refractivity contribution in [1.82, 2.24) is 0 Å². The van der Waals surface area contributed by atoms with E-state index in [1.807, 2.05) is 6.92 Å². The summed E-state index contributed by atoms with van der Waals surface area (Å²) < 4.78 is 70.1. The third kappa shape index (κ3) is 9.78. The Bertz CT molecular complexity index is 2320. The standard InChI is InChI=1S/C57H92O27/c1-51(2)29-14-54(5)28(7-10-57-30-13-52(3,21-61)11-12-56(30,22-76-57)31(63)15-55(54,57)6)53(29,4)9-8-32(51)81-49-45(84-50-44(39(70)36(67)26(18-60)79-50)83-48-42(73)38(69)35(66)25(17-59)78-48)43(82-47-41(72)37(68)34(65)24(16-58)77-47)27(20-75-49)80-46-40(71)33(64)23(62)19-74-46/h21,23-50,58-60,62-73H,7-20,22H2,1-6H3/t23-,24-,25-,26-,27+,28-,29?,30+,31-,32+,33+,34-,35-,36-,37+,38+,39+,40-,41-,42-,43+,44-,45-,46+,47-,48-,49+,50+,52-,53-,54-,55+,56?,57?/m1/s1. The van der Waals surface area contributed by atoms with Gasteiger partial charge in [0.2, 0.25) is 0 Å². The number of aliphatic hydroxyl groups is 15. The van der Waals surface area contributed by atoms with Gasteiger partial charge in [0.05, 0.1) is 57.5 Å². The molecule has 11 fully saturated rings. The zero-order valence-electron chi connectivity index (χ0n) is 48.5. The van der Waals surface area contributed by atoms with Crippen LogP contribution in [0.4, 0.5) is 0 Å². The SMILES string of the molecule is CC1(C)C2C[C@]3(C)[C@H](CCC45OCC6(CC[C@@](C)(C=O)C[C@@H]64)[C@H](O)C[C@]53C)[C@@]2(C)CC[C@@H]1O[C@@H]1OC[C@H](O[C@@H]2OC[C@@H](O)[C@H](O)[C@H]2O)[C@H](O[C@H]2O[C@H](CO)[C@@H](O)[C@H](O)[C@H]2O)[C@H]1O[C@@H]1O[C@H](CO)[C@@H](O)[C@H](O)[C@H]1O[C@H]1O[C@H](CO)[C@@H](O)[C@H](O)[C@H]1O. The van der Waals surface area contributed by atoms with Crippen molar-refractivity contribution in [3.8, 4) is 0 Å². The van der Waals surface area contributed by atoms with Crippen LogP contribution in [0.1, 0.15) is 99.3 Å². The minimum Gasteiger partial charge on any atom is -0.394 e. The number of aldehydes is 1. The topological polar surface area (TPSA) is 422 Å². The molecule has 0 aromatic carbocycles. The highest BCUT2D eigenvalue weighted by molar-refractivity contribution is 5.59. The lowest BCUT2D eigenvalue weighted by atomic mass is 9.36. The van der Waals surface area contributed by atoms with Crippen molar-refractivity contribution in [3.05, 3.63) is 0 Å². The number of hydrogen-bond donors (Lipinski definition) is 15. The Morgan fingerprint density at radius 3 is 1.65 bits per heavy atom. The first-order chi connectivity index (χ1) is 39.5. The van der Waals surface area contributed by atoms with Gasteiger partial charge in [0.15, 0.2) is 31.5 Å². The van der Waals surface area contributed by atoms with Gasteiger partial charge in [0.25, 0.3) is 0 Å². The maximum atomic E-state index is 12.7. The monoisotopic (exact) mass is 1210 g/mol. The molecule has 5 saturated carbocycles. The average Bonchev–Trinajstić information content (AvgIpc) is 1.44. The molecule has 27 heteroatoms. The Hall–Kier alpha value is -1.37. The van der Waals surface area contributed by atoms with E-state index in [9.17, 15) is 81.4 Å². The van der Waals surface area contributed by atoms with Crippen molar-refractivity contribution in [3.63, 3.8) is 0 Å². The van der Waals surface area contributed by atoms with E-state index in [2.05, 4.69) is 34.6 Å². The molecule has 6 aliphatic heterocycles. The maximum Gasteiger partial charge on any atom is 0.187 e. The van der Waals surface area contributed by atoms with E-state index in [4.69, 9.17) is 52.1 Å². The average molecular weight is 1210 g/mol. The number of hydrogen-bond acceptors (Lipinski definition) is 27. The summed E-state index contributed by atoms with van der Waals surface area (Å²) in [4.78, 5) is 12.7. The van der Waals surface area contributed by atoms with Gasteiger partial charge >= 0.3 is 0 Å². The summed E-state index contributed by atoms with van der Waals surface area (Å²) in [6, 6.07) is 0. The Morgan fingerprint density at radius 1 is 0.488 bits per heavy atom. The minimum atomic E-state index is -2.07. The molecule has 5 aliphatic carbocycles. The molecule has 2 bridgehead atoms. The summed E-state index contributed by atoms with van der Waals surface area (Å²) in [5.41, 5.74) is -3.45. The second kappa shape index (κ2) is 23.1. The molecule has 3 unspecified atom stereocenters. The van der Waals surface area contributed by atoms with Crippen molar-refractivity contribution in [1.29, 1.82) is 0 Å². The minimum absolute atomic E-state index is 0.0247. The van der Waals surface area contributed by atoms with Crippen LogP contribution in [0.5, 0.6) is 0 Å². The van der Waals surface area contributed by atoms with Crippen LogP contribution in [0, 0.1) is 50.2 Å². The Kier molecular flexibility index (Phi) is 17.6. The lowest BCUT2D eigenvalue weighted by Gasteiger charge is -2.69. The Balaban J connectivity index is 0.955. The third-order valence-corrected chi connectivity index (χ3v) is 23.7. The third-order valence-electron chi connectivity index (χ3n) is 23.7. The molecule has 27 nitrogen and oxygen atoms in total. The van der Waals surface area contributed by atoms with Gasteiger partial charge in [-0.05, 0) is 91.8 Å². The quantitative estimate of drug-likeness (QED) is 0.0730. The smallest absolute Gasteiger partial charge is 0.187 e. The summed E-state index contributed by atoms with van der Waals surface area (Å²) in [5, 5.41) is 165. The first kappa shape index (κ1) is 64.2. The van der Waals surface area contributed by atoms with E-state index in [1.54, 1.807) is 0 Å². The number of fused-ring (bicyclic) bond motifs is 4. The fourth-order valence-corrected chi connectivity index (χ4v) is 18.6. The van der Waals surface area contributed by atoms with E-state index >= 15 is 0 Å². The van der Waals surface area contributed by atoms with Crippen LogP contribution in [0.3, 0.4) is 0 Å². The molecule has 34 atom stereocenters. The zero-order chi connectivity index (χ0) is 60.8. The molecule has 1 spiro atoms. The van der Waals surface area contributed by atoms with Gasteiger partial charge < -0.3 is 133 Å². The van der Waals surface area contributed by atoms with Crippen molar-refractivity contribution < 1.29 is 133 Å². The number of carbonyl (C=O) groups excluding carboxylic acids is 1. The summed E-state index contributed by atoms with van der Waals surface area (Å²) in [6.45, 7) is 10.0. The van der Waals surface area contributed by atoms with Crippen LogP contribution in [0.25, 0.3) is 0 Å². The molecular weight excluding hydrogens is 1120 g/mol. The maximum absolute atomic E-state index is 12.7. The largest absolute Gasteiger partial charge is 0.394 e. The van der Waals surface area contributed by atoms with Gasteiger partial charge in [-0.3, -0.25) is 0 Å². The molecule has 15 N–H and O–H groups in total. The first-order valence-electron chi connectivity index (χ1n) is 30.1. The molecule has 11 aliphatic rings. The summed E-state index contributed by atoms with van der Waals surface area (Å²) in [5.74, 6) is 0.104. The van der Waals surface area contributed by atoms with Gasteiger partial charge in [0, 0.05) is 16.2 Å². The van der Waals surface area contributed by atoms with E-state index in [1.165, 1.54) is 0 Å². The fourth-order valence-electron chi connectivity index (χ4n) is 18.6. The molecule has 0 radical (unpaired) electrons. The molecule has 482 valence electrons. The van der Waals surface area contributed by atoms with Crippen LogP contribution in [0.2, 0.25) is 0 Å². The molecule has 84 heavy (non-hydrogen) atoms. The van der Waals surface area contributed by atoms with Gasteiger partial charge in [-0.1, -0.05) is 41.5 Å². The highest BCUT2D eigenvalue weighted by Crippen LogP contribution is 2.82. The highest BCUT2D eigenvalue weighted by Gasteiger charge is 2.82. The van der Waals surface area contributed by atoms with Crippen LogP contribution < -0.4 is 0 Å². The molecule has 0 amide bonds. The van der Waals surface area contributed by atoms with Crippen molar-refractivity contribution in [2.45, 2.75) is 258 Å². The fraction of sp³-hybridized carbons (Fsp3) is 0.982. The zero-order valence-corrected chi connectivity index (χ0v) is 48.5. The Labute approximate surface area is 486 Å². The van der Waals surface area contributed by atoms with Crippen LogP contribution in [0.15, 0.2) is 0 Å². The Morgan fingerprint density at radius 2 is 1.05 bits per heavy atom. The predicted molar refractivity (Wildman–Crippen MR) is 279 cm³/mol. The van der Waals surface area contributed by atoms with Crippen molar-refractivity contribution in [2.75, 3.05) is 39.6 Å². The number of aliphatic hydroxyl groups excluding tert-OH is 15. The highest BCUT2D eigenvalue weighted by atomic mass is 16.8. The molecule has 0 aromatic rings. The van der Waals surface area contributed by atoms with Crippen LogP contribution >= 0.6 is 0 Å². The molecular formula is C57H92O27. The normalized spacial score (nSPS) is 58.0. The molecule has 6 heterocycles. The summed E-state index contributed by atoms with van der Waals surface area (Å²) in [6.07, 6.45) is -36.0. The van der Waals surface area contributed by atoms with Crippen LogP contribution in [-0.4, -0.2) is 282 Å². The second-order valence-corrected chi connectivity index (χ2v) is 28.3. The molecule has 0 aromatic heterocycles. The van der Waals surface area contributed by atoms with E-state index in [0.717, 1.165) is 19.1 Å². The number of ether oxygens (including phenoxy) is 11. The van der Waals surface area contributed by atoms with E-state index in [-0.39, 0.29) is 28.6 Å². The number of rotatable bonds is 14. The van der Waals surface area contributed by atoms with Crippen LogP contribution in [-0.2, 0) is 56.9 Å². The number of carbonyl (C=O) groups is 1. The first-order valence-corrected chi connectivity index (χ1v) is 30.1. The van der Waals surface area contributed by atoms with E-state index in [0.29, 0.717) is 51.6 Å². The van der Waals surface area contributed by atoms with Gasteiger partial charge in [-0.15, -0.1) is 0 Å². The summed E-state index contributed by atoms with van der Waals surface area (Å²) in [7, 11) is 0. The lowest BCUT2D eigenvalue weighted by Crippen LogP contribution is -2.70. The lowest BCUT2D eigenvalue weighted by molar-refractivity contribution is -0.411. The van der Waals surface area contributed by atoms with Gasteiger partial charge in [-0.25, -0.2) is 0 Å². The second-order valence-electron chi connectivity index (χ2n) is 28.3. The van der Waals surface area contributed by atoms with Gasteiger partial charge in [-0.2, -0.15) is 0 Å². The van der Waals surface area contributed by atoms with Gasteiger partial charge in [0.1, 0.15) is 116 Å². The predicted octanol–water partition coefficient (Wildman–Crippen LogP) is -4.46. The molecule has 6 saturated heterocycles.